The number of anilines is 1. The molecule has 1 amide bonds. The van der Waals surface area contributed by atoms with E-state index in [1.807, 2.05) is 29.2 Å². The number of hydrogen-bond donors (Lipinski definition) is 1. The summed E-state index contributed by atoms with van der Waals surface area (Å²) < 4.78 is 6.16. The number of fused-ring (bicyclic) bond motifs is 1. The number of carboxylic acids is 1. The topological polar surface area (TPSA) is 112 Å². The van der Waals surface area contributed by atoms with Crippen LogP contribution in [0.15, 0.2) is 42.7 Å². The maximum Gasteiger partial charge on any atom is 0.303 e. The molecular formula is C30H32Cl2N6O4. The zero-order valence-electron chi connectivity index (χ0n) is 23.1. The van der Waals surface area contributed by atoms with Crippen LogP contribution in [-0.4, -0.2) is 80.5 Å². The van der Waals surface area contributed by atoms with Gasteiger partial charge in [0.25, 0.3) is 0 Å². The Bertz CT molecular complexity index is 1440. The van der Waals surface area contributed by atoms with Crippen LogP contribution in [0.4, 0.5) is 5.95 Å². The van der Waals surface area contributed by atoms with Gasteiger partial charge < -0.3 is 19.6 Å². The number of carbonyl (C=O) groups excluding carboxylic acids is 1. The highest BCUT2D eigenvalue weighted by Crippen LogP contribution is 2.31. The Kier molecular flexibility index (Phi) is 8.46. The Balaban J connectivity index is 1.19. The van der Waals surface area contributed by atoms with Crippen molar-refractivity contribution in [1.29, 1.82) is 0 Å². The van der Waals surface area contributed by atoms with E-state index in [0.717, 1.165) is 50.0 Å². The van der Waals surface area contributed by atoms with Gasteiger partial charge in [-0.25, -0.2) is 15.0 Å². The molecule has 6 rings (SSSR count). The fourth-order valence-corrected chi connectivity index (χ4v) is 6.62. The number of carbonyl (C=O) groups is 2. The molecule has 220 valence electrons. The van der Waals surface area contributed by atoms with E-state index in [4.69, 9.17) is 38.0 Å². The second-order valence-electron chi connectivity index (χ2n) is 11.2. The first-order valence-electron chi connectivity index (χ1n) is 14.2. The summed E-state index contributed by atoms with van der Waals surface area (Å²) in [5.74, 6) is 1.19. The van der Waals surface area contributed by atoms with E-state index in [2.05, 4.69) is 19.8 Å². The zero-order chi connectivity index (χ0) is 29.2. The number of carboxylic acid groups (broad SMARTS) is 1. The van der Waals surface area contributed by atoms with E-state index in [1.165, 1.54) is 0 Å². The predicted molar refractivity (Wildman–Crippen MR) is 159 cm³/mol. The highest BCUT2D eigenvalue weighted by atomic mass is 35.5. The Hall–Kier alpha value is -3.47. The molecule has 3 fully saturated rings. The first-order chi connectivity index (χ1) is 20.3. The lowest BCUT2D eigenvalue weighted by Crippen LogP contribution is -2.51. The molecule has 1 unspecified atom stereocenters. The monoisotopic (exact) mass is 610 g/mol. The Morgan fingerprint density at radius 2 is 1.71 bits per heavy atom. The molecule has 1 N–H and O–H groups in total. The van der Waals surface area contributed by atoms with Crippen LogP contribution in [0.2, 0.25) is 10.0 Å². The number of likely N-dealkylation sites (tertiary alicyclic amines) is 1. The van der Waals surface area contributed by atoms with Gasteiger partial charge in [0, 0.05) is 66.7 Å². The molecule has 42 heavy (non-hydrogen) atoms. The van der Waals surface area contributed by atoms with E-state index in [0.29, 0.717) is 59.4 Å². The van der Waals surface area contributed by atoms with Crippen molar-refractivity contribution < 1.29 is 19.4 Å². The summed E-state index contributed by atoms with van der Waals surface area (Å²) in [7, 11) is 0. The van der Waals surface area contributed by atoms with E-state index in [9.17, 15) is 9.59 Å². The largest absolute Gasteiger partial charge is 0.481 e. The van der Waals surface area contributed by atoms with Crippen LogP contribution in [0.1, 0.15) is 37.7 Å². The third-order valence-corrected chi connectivity index (χ3v) is 8.65. The number of halogens is 2. The number of nitrogens with zero attached hydrogens (tertiary/aromatic N) is 6. The lowest BCUT2D eigenvalue weighted by Gasteiger charge is -2.37. The van der Waals surface area contributed by atoms with Crippen molar-refractivity contribution in [3.8, 4) is 22.9 Å². The summed E-state index contributed by atoms with van der Waals surface area (Å²) in [6.45, 7) is 4.45. The molecule has 3 aromatic rings. The molecule has 5 heterocycles. The number of rotatable bonds is 8. The lowest BCUT2D eigenvalue weighted by atomic mass is 9.93. The van der Waals surface area contributed by atoms with E-state index < -0.39 is 5.97 Å². The number of benzene rings is 1. The summed E-state index contributed by atoms with van der Waals surface area (Å²) in [6, 6.07) is 9.44. The lowest BCUT2D eigenvalue weighted by molar-refractivity contribution is -0.138. The number of ether oxygens (including phenoxy) is 1. The smallest absolute Gasteiger partial charge is 0.303 e. The van der Waals surface area contributed by atoms with Crippen molar-refractivity contribution in [3.63, 3.8) is 0 Å². The van der Waals surface area contributed by atoms with Gasteiger partial charge in [-0.15, -0.1) is 0 Å². The molecule has 10 nitrogen and oxygen atoms in total. The number of aromatic nitrogens is 3. The fraction of sp³-hybridized carbons (Fsp3) is 0.433. The van der Waals surface area contributed by atoms with Crippen molar-refractivity contribution in [2.24, 2.45) is 5.92 Å². The first kappa shape index (κ1) is 28.6. The molecule has 2 aromatic heterocycles. The van der Waals surface area contributed by atoms with Gasteiger partial charge in [0.05, 0.1) is 18.1 Å². The summed E-state index contributed by atoms with van der Waals surface area (Å²) in [6.07, 6.45) is 6.71. The Morgan fingerprint density at radius 3 is 2.43 bits per heavy atom. The van der Waals surface area contributed by atoms with Crippen LogP contribution in [-0.2, 0) is 16.1 Å². The molecule has 0 spiro atoms. The third-order valence-electron chi connectivity index (χ3n) is 8.21. The third kappa shape index (κ3) is 6.77. The molecule has 3 saturated heterocycles. The summed E-state index contributed by atoms with van der Waals surface area (Å²) in [4.78, 5) is 43.4. The number of hydrogen-bond acceptors (Lipinski definition) is 8. The highest BCUT2D eigenvalue weighted by molar-refractivity contribution is 6.35. The minimum atomic E-state index is -0.737. The first-order valence-corrected chi connectivity index (χ1v) is 15.0. The summed E-state index contributed by atoms with van der Waals surface area (Å²) in [5.41, 5.74) is 2.45. The molecule has 3 aliphatic heterocycles. The van der Waals surface area contributed by atoms with Crippen LogP contribution in [0.25, 0.3) is 11.3 Å². The van der Waals surface area contributed by atoms with Crippen molar-refractivity contribution in [2.45, 2.75) is 44.7 Å². The Morgan fingerprint density at radius 1 is 0.976 bits per heavy atom. The van der Waals surface area contributed by atoms with Crippen molar-refractivity contribution >= 4 is 41.0 Å². The quantitative estimate of drug-likeness (QED) is 0.370. The van der Waals surface area contributed by atoms with Crippen LogP contribution in [0, 0.1) is 5.92 Å². The molecular weight excluding hydrogens is 579 g/mol. The van der Waals surface area contributed by atoms with Crippen molar-refractivity contribution in [3.05, 3.63) is 58.3 Å². The van der Waals surface area contributed by atoms with Gasteiger partial charge in [0.15, 0.2) is 5.75 Å². The van der Waals surface area contributed by atoms with Crippen LogP contribution in [0.3, 0.4) is 0 Å². The number of pyridine rings is 1. The van der Waals surface area contributed by atoms with Crippen LogP contribution >= 0.6 is 23.2 Å². The minimum absolute atomic E-state index is 0.215. The number of piperidine rings is 1. The molecule has 12 heteroatoms. The number of amides is 1. The zero-order valence-corrected chi connectivity index (χ0v) is 24.6. The second kappa shape index (κ2) is 12.4. The fourth-order valence-electron chi connectivity index (χ4n) is 6.10. The number of aliphatic carboxylic acids is 1. The van der Waals surface area contributed by atoms with Gasteiger partial charge in [-0.1, -0.05) is 23.2 Å². The van der Waals surface area contributed by atoms with Crippen molar-refractivity contribution in [1.82, 2.24) is 24.8 Å². The number of piperazine rings is 1. The second-order valence-corrected chi connectivity index (χ2v) is 12.1. The van der Waals surface area contributed by atoms with Gasteiger partial charge in [0.1, 0.15) is 0 Å². The molecule has 3 aliphatic rings. The van der Waals surface area contributed by atoms with E-state index in [-0.39, 0.29) is 24.3 Å². The van der Waals surface area contributed by atoms with Crippen molar-refractivity contribution in [2.75, 3.05) is 37.6 Å². The molecule has 0 radical (unpaired) electrons. The molecule has 0 aliphatic carbocycles. The van der Waals surface area contributed by atoms with Gasteiger partial charge in [-0.3, -0.25) is 14.5 Å². The SMILES string of the molecule is O=C(O)CC1CCN(Cc2cc(Oc3cnc(N4CCN5C(=O)CCC5C4)nc3)nc(-c3cc(Cl)cc(Cl)c3)c2)CC1. The predicted octanol–water partition coefficient (Wildman–Crippen LogP) is 5.14. The van der Waals surface area contributed by atoms with E-state index >= 15 is 0 Å². The Labute approximate surface area is 254 Å². The molecule has 0 saturated carbocycles. The highest BCUT2D eigenvalue weighted by Gasteiger charge is 2.36. The molecule has 1 aromatic carbocycles. The summed E-state index contributed by atoms with van der Waals surface area (Å²) in [5, 5.41) is 10.2. The average molecular weight is 612 g/mol. The maximum absolute atomic E-state index is 12.0. The van der Waals surface area contributed by atoms with E-state index in [1.54, 1.807) is 18.5 Å². The van der Waals surface area contributed by atoms with Gasteiger partial charge in [-0.05, 0) is 68.1 Å². The minimum Gasteiger partial charge on any atom is -0.481 e. The van der Waals surface area contributed by atoms with Gasteiger partial charge in [0.2, 0.25) is 17.7 Å². The standard InChI is InChI=1S/C30H32Cl2N6O4/c31-22-12-21(13-23(32)14-22)26-9-20(17-36-5-3-19(4-6-36)11-29(40)41)10-27(35-26)42-25-15-33-30(34-16-25)37-7-8-38-24(18-37)1-2-28(38)39/h9-10,12-16,19,24H,1-8,11,17-18H2,(H,40,41). The van der Waals surface area contributed by atoms with Gasteiger partial charge >= 0.3 is 5.97 Å². The normalized spacial score (nSPS) is 19.7. The molecule has 1 atom stereocenters. The van der Waals surface area contributed by atoms with Crippen LogP contribution in [0.5, 0.6) is 11.6 Å². The molecule has 0 bridgehead atoms. The maximum atomic E-state index is 12.0. The summed E-state index contributed by atoms with van der Waals surface area (Å²) >= 11 is 12.6. The van der Waals surface area contributed by atoms with Gasteiger partial charge in [-0.2, -0.15) is 0 Å². The van der Waals surface area contributed by atoms with Crippen LogP contribution < -0.4 is 9.64 Å². The average Bonchev–Trinajstić information content (AvgIpc) is 3.33.